The molecule has 16 heavy (non-hydrogen) atoms. The second-order valence-electron chi connectivity index (χ2n) is 4.58. The molecule has 0 aliphatic heterocycles. The zero-order chi connectivity index (χ0) is 12.1. The van der Waals surface area contributed by atoms with Gasteiger partial charge in [-0.25, -0.2) is 0 Å². The standard InChI is InChI=1S/C14H22N2/c1-11(13(3)15-16(4)5)12(2)14-9-7-6-8-10-14/h6-12H,1-5H3. The molecule has 0 bridgehead atoms. The lowest BCUT2D eigenvalue weighted by Gasteiger charge is -2.21. The zero-order valence-corrected chi connectivity index (χ0v) is 10.9. The van der Waals surface area contributed by atoms with Crippen molar-refractivity contribution in [1.29, 1.82) is 0 Å². The second kappa shape index (κ2) is 5.69. The van der Waals surface area contributed by atoms with E-state index >= 15 is 0 Å². The van der Waals surface area contributed by atoms with Gasteiger partial charge in [0.25, 0.3) is 0 Å². The van der Waals surface area contributed by atoms with Gasteiger partial charge < -0.3 is 5.01 Å². The Morgan fingerprint density at radius 2 is 1.69 bits per heavy atom. The molecule has 88 valence electrons. The first kappa shape index (κ1) is 12.8. The van der Waals surface area contributed by atoms with Crippen molar-refractivity contribution in [3.63, 3.8) is 0 Å². The quantitative estimate of drug-likeness (QED) is 0.559. The molecule has 1 aromatic carbocycles. The Morgan fingerprint density at radius 1 is 1.12 bits per heavy atom. The summed E-state index contributed by atoms with van der Waals surface area (Å²) in [5.74, 6) is 0.967. The molecule has 2 unspecified atom stereocenters. The van der Waals surface area contributed by atoms with Crippen LogP contribution in [0.3, 0.4) is 0 Å². The van der Waals surface area contributed by atoms with Gasteiger partial charge in [-0.15, -0.1) is 0 Å². The van der Waals surface area contributed by atoms with E-state index in [0.717, 1.165) is 0 Å². The van der Waals surface area contributed by atoms with Crippen molar-refractivity contribution in [3.05, 3.63) is 35.9 Å². The summed E-state index contributed by atoms with van der Waals surface area (Å²) in [7, 11) is 3.92. The van der Waals surface area contributed by atoms with E-state index in [1.54, 1.807) is 0 Å². The van der Waals surface area contributed by atoms with Crippen LogP contribution in [0.15, 0.2) is 35.4 Å². The zero-order valence-electron chi connectivity index (χ0n) is 10.9. The lowest BCUT2D eigenvalue weighted by Crippen LogP contribution is -2.18. The van der Waals surface area contributed by atoms with Gasteiger partial charge in [-0.2, -0.15) is 5.10 Å². The van der Waals surface area contributed by atoms with Crippen LogP contribution in [0.4, 0.5) is 0 Å². The Hall–Kier alpha value is -1.31. The molecule has 0 N–H and O–H groups in total. The summed E-state index contributed by atoms with van der Waals surface area (Å²) in [6, 6.07) is 10.6. The van der Waals surface area contributed by atoms with Crippen LogP contribution in [0.25, 0.3) is 0 Å². The first-order chi connectivity index (χ1) is 7.52. The monoisotopic (exact) mass is 218 g/mol. The minimum atomic E-state index is 0.463. The van der Waals surface area contributed by atoms with Gasteiger partial charge in [0.15, 0.2) is 0 Å². The van der Waals surface area contributed by atoms with Crippen molar-refractivity contribution in [3.8, 4) is 0 Å². The molecule has 0 saturated carbocycles. The molecule has 0 fully saturated rings. The fourth-order valence-electron chi connectivity index (χ4n) is 1.81. The van der Waals surface area contributed by atoms with E-state index in [4.69, 9.17) is 0 Å². The van der Waals surface area contributed by atoms with Gasteiger partial charge >= 0.3 is 0 Å². The fraction of sp³-hybridized carbons (Fsp3) is 0.500. The van der Waals surface area contributed by atoms with Gasteiger partial charge in [0.1, 0.15) is 0 Å². The molecule has 0 aliphatic carbocycles. The highest BCUT2D eigenvalue weighted by Crippen LogP contribution is 2.24. The third-order valence-corrected chi connectivity index (χ3v) is 3.09. The minimum Gasteiger partial charge on any atom is -0.303 e. The summed E-state index contributed by atoms with van der Waals surface area (Å²) in [6.45, 7) is 6.60. The van der Waals surface area contributed by atoms with Gasteiger partial charge in [0, 0.05) is 25.7 Å². The molecule has 2 nitrogen and oxygen atoms in total. The Balaban J connectivity index is 2.79. The number of nitrogens with zero attached hydrogens (tertiary/aromatic N) is 2. The Labute approximate surface area is 99.0 Å². The topological polar surface area (TPSA) is 15.6 Å². The van der Waals surface area contributed by atoms with E-state index < -0.39 is 0 Å². The third-order valence-electron chi connectivity index (χ3n) is 3.09. The average molecular weight is 218 g/mol. The summed E-state index contributed by atoms with van der Waals surface area (Å²) < 4.78 is 0. The van der Waals surface area contributed by atoms with Crippen molar-refractivity contribution >= 4 is 5.71 Å². The van der Waals surface area contributed by atoms with Gasteiger partial charge in [-0.1, -0.05) is 44.2 Å². The van der Waals surface area contributed by atoms with Crippen LogP contribution in [-0.2, 0) is 0 Å². The van der Waals surface area contributed by atoms with Crippen LogP contribution in [-0.4, -0.2) is 24.8 Å². The molecule has 1 aromatic rings. The van der Waals surface area contributed by atoms with Crippen LogP contribution in [0.1, 0.15) is 32.3 Å². The van der Waals surface area contributed by atoms with E-state index in [1.165, 1.54) is 11.3 Å². The SMILES string of the molecule is CC(=NN(C)C)C(C)C(C)c1ccccc1. The van der Waals surface area contributed by atoms with Gasteiger partial charge in [-0.3, -0.25) is 0 Å². The van der Waals surface area contributed by atoms with Crippen LogP contribution in [0, 0.1) is 5.92 Å². The fourth-order valence-corrected chi connectivity index (χ4v) is 1.81. The molecule has 2 atom stereocenters. The number of benzene rings is 1. The third kappa shape index (κ3) is 3.37. The summed E-state index contributed by atoms with van der Waals surface area (Å²) in [6.07, 6.45) is 0. The van der Waals surface area contributed by atoms with Gasteiger partial charge in [0.2, 0.25) is 0 Å². The lowest BCUT2D eigenvalue weighted by atomic mass is 9.86. The summed E-state index contributed by atoms with van der Waals surface area (Å²) in [4.78, 5) is 0. The van der Waals surface area contributed by atoms with Crippen LogP contribution in [0.5, 0.6) is 0 Å². The van der Waals surface area contributed by atoms with E-state index in [0.29, 0.717) is 11.8 Å². The molecule has 0 aromatic heterocycles. The van der Waals surface area contributed by atoms with Crippen molar-refractivity contribution in [1.82, 2.24) is 5.01 Å². The molecule has 1 rings (SSSR count). The second-order valence-corrected chi connectivity index (χ2v) is 4.58. The molecular weight excluding hydrogens is 196 g/mol. The van der Waals surface area contributed by atoms with E-state index in [2.05, 4.69) is 56.2 Å². The molecule has 0 heterocycles. The molecule has 0 aliphatic rings. The van der Waals surface area contributed by atoms with E-state index in [9.17, 15) is 0 Å². The number of hydrogen-bond donors (Lipinski definition) is 0. The highest BCUT2D eigenvalue weighted by atomic mass is 15.4. The predicted molar refractivity (Wildman–Crippen MR) is 70.8 cm³/mol. The van der Waals surface area contributed by atoms with Crippen molar-refractivity contribution < 1.29 is 0 Å². The van der Waals surface area contributed by atoms with Gasteiger partial charge in [-0.05, 0) is 18.4 Å². The molecule has 0 spiro atoms. The van der Waals surface area contributed by atoms with Crippen LogP contribution in [0.2, 0.25) is 0 Å². The van der Waals surface area contributed by atoms with Crippen LogP contribution >= 0.6 is 0 Å². The van der Waals surface area contributed by atoms with Crippen LogP contribution < -0.4 is 0 Å². The van der Waals surface area contributed by atoms with Crippen molar-refractivity contribution in [2.75, 3.05) is 14.1 Å². The number of hydrogen-bond acceptors (Lipinski definition) is 2. The normalized spacial score (nSPS) is 15.7. The smallest absolute Gasteiger partial charge is 0.0383 e. The summed E-state index contributed by atoms with van der Waals surface area (Å²) in [5.41, 5.74) is 2.56. The highest BCUT2D eigenvalue weighted by Gasteiger charge is 2.16. The Bertz CT molecular complexity index is 341. The van der Waals surface area contributed by atoms with E-state index in [1.807, 2.05) is 19.1 Å². The largest absolute Gasteiger partial charge is 0.303 e. The summed E-state index contributed by atoms with van der Waals surface area (Å²) in [5, 5.41) is 6.34. The molecule has 0 saturated heterocycles. The number of rotatable bonds is 4. The maximum absolute atomic E-state index is 4.47. The Kier molecular flexibility index (Phi) is 4.53. The highest BCUT2D eigenvalue weighted by molar-refractivity contribution is 5.84. The minimum absolute atomic E-state index is 0.463. The number of hydrazone groups is 1. The predicted octanol–water partition coefficient (Wildman–Crippen LogP) is 3.36. The lowest BCUT2D eigenvalue weighted by molar-refractivity contribution is 0.429. The molecule has 2 heteroatoms. The average Bonchev–Trinajstić information content (AvgIpc) is 2.27. The Morgan fingerprint density at radius 3 is 2.19 bits per heavy atom. The van der Waals surface area contributed by atoms with Gasteiger partial charge in [0.05, 0.1) is 0 Å². The maximum atomic E-state index is 4.47. The first-order valence-electron chi connectivity index (χ1n) is 5.79. The summed E-state index contributed by atoms with van der Waals surface area (Å²) >= 11 is 0. The van der Waals surface area contributed by atoms with E-state index in [-0.39, 0.29) is 0 Å². The van der Waals surface area contributed by atoms with Crippen molar-refractivity contribution in [2.24, 2.45) is 11.0 Å². The maximum Gasteiger partial charge on any atom is 0.0383 e. The molecular formula is C14H22N2. The molecule has 0 amide bonds. The first-order valence-corrected chi connectivity index (χ1v) is 5.79. The van der Waals surface area contributed by atoms with Crippen molar-refractivity contribution in [2.45, 2.75) is 26.7 Å². The molecule has 0 radical (unpaired) electrons.